The van der Waals surface area contributed by atoms with Gasteiger partial charge in [-0.15, -0.1) is 10.2 Å². The van der Waals surface area contributed by atoms with Crippen LogP contribution in [0.25, 0.3) is 11.4 Å². The highest BCUT2D eigenvalue weighted by molar-refractivity contribution is 7.99. The van der Waals surface area contributed by atoms with Gasteiger partial charge in [-0.3, -0.25) is 9.36 Å². The van der Waals surface area contributed by atoms with Gasteiger partial charge in [-0.05, 0) is 54.3 Å². The molecule has 4 aromatic rings. The Morgan fingerprint density at radius 2 is 1.70 bits per heavy atom. The van der Waals surface area contributed by atoms with Crippen molar-refractivity contribution >= 4 is 35.0 Å². The highest BCUT2D eigenvalue weighted by atomic mass is 35.5. The van der Waals surface area contributed by atoms with E-state index in [1.807, 2.05) is 65.6 Å². The maximum absolute atomic E-state index is 13.2. The molecule has 1 aliphatic rings. The standard InChI is InChI=1S/C26H23ClN4OS/c27-22-14-12-21(13-15-22)25-28-29-26(31(25)17-19-7-2-1-3-8-19)33-18-24(32)30-16-6-10-20-9-4-5-11-23(20)30/h1-5,7-9,11-15H,6,10,16-18H2. The van der Waals surface area contributed by atoms with Gasteiger partial charge in [0, 0.05) is 22.8 Å². The van der Waals surface area contributed by atoms with Crippen LogP contribution in [0.5, 0.6) is 0 Å². The Morgan fingerprint density at radius 3 is 2.52 bits per heavy atom. The number of hydrogen-bond donors (Lipinski definition) is 0. The Labute approximate surface area is 202 Å². The highest BCUT2D eigenvalue weighted by Gasteiger charge is 2.23. The molecule has 5 rings (SSSR count). The minimum absolute atomic E-state index is 0.0921. The van der Waals surface area contributed by atoms with E-state index in [2.05, 4.69) is 33.0 Å². The van der Waals surface area contributed by atoms with Crippen LogP contribution < -0.4 is 4.90 Å². The van der Waals surface area contributed by atoms with Gasteiger partial charge < -0.3 is 4.90 Å². The summed E-state index contributed by atoms with van der Waals surface area (Å²) in [7, 11) is 0. The van der Waals surface area contributed by atoms with Gasteiger partial charge in [0.15, 0.2) is 11.0 Å². The fourth-order valence-corrected chi connectivity index (χ4v) is 5.05. The number of aromatic nitrogens is 3. The van der Waals surface area contributed by atoms with Gasteiger partial charge in [-0.2, -0.15) is 0 Å². The van der Waals surface area contributed by atoms with Crippen molar-refractivity contribution in [1.29, 1.82) is 0 Å². The summed E-state index contributed by atoms with van der Waals surface area (Å²) in [6.45, 7) is 1.37. The molecule has 2 heterocycles. The van der Waals surface area contributed by atoms with Gasteiger partial charge in [0.1, 0.15) is 0 Å². The molecule has 0 saturated carbocycles. The zero-order valence-electron chi connectivity index (χ0n) is 18.0. The zero-order chi connectivity index (χ0) is 22.6. The first-order valence-electron chi connectivity index (χ1n) is 10.9. The van der Waals surface area contributed by atoms with Crippen LogP contribution in [-0.4, -0.2) is 33.0 Å². The SMILES string of the molecule is O=C(CSc1nnc(-c2ccc(Cl)cc2)n1Cc1ccccc1)N1CCCc2ccccc21. The molecule has 1 amide bonds. The van der Waals surface area contributed by atoms with E-state index in [1.165, 1.54) is 17.3 Å². The Morgan fingerprint density at radius 1 is 0.939 bits per heavy atom. The van der Waals surface area contributed by atoms with Gasteiger partial charge in [-0.25, -0.2) is 0 Å². The number of benzene rings is 3. The van der Waals surface area contributed by atoms with Crippen molar-refractivity contribution < 1.29 is 4.79 Å². The van der Waals surface area contributed by atoms with Crippen LogP contribution in [0, 0.1) is 0 Å². The van der Waals surface area contributed by atoms with Crippen LogP contribution in [0.4, 0.5) is 5.69 Å². The topological polar surface area (TPSA) is 51.0 Å². The van der Waals surface area contributed by atoms with Crippen molar-refractivity contribution in [3.8, 4) is 11.4 Å². The van der Waals surface area contributed by atoms with Gasteiger partial charge in [-0.1, -0.05) is 71.9 Å². The molecule has 0 N–H and O–H groups in total. The summed E-state index contributed by atoms with van der Waals surface area (Å²) in [5.74, 6) is 1.16. The summed E-state index contributed by atoms with van der Waals surface area (Å²) in [6, 6.07) is 26.0. The predicted molar refractivity (Wildman–Crippen MR) is 134 cm³/mol. The van der Waals surface area contributed by atoms with E-state index < -0.39 is 0 Å². The number of rotatable bonds is 6. The van der Waals surface area contributed by atoms with E-state index in [0.29, 0.717) is 17.3 Å². The molecule has 1 aliphatic heterocycles. The summed E-state index contributed by atoms with van der Waals surface area (Å²) in [5.41, 5.74) is 4.35. The normalized spacial score (nSPS) is 13.1. The lowest BCUT2D eigenvalue weighted by atomic mass is 10.0. The molecular formula is C26H23ClN4OS. The third-order valence-electron chi connectivity index (χ3n) is 5.74. The number of aryl methyl sites for hydroxylation is 1. The van der Waals surface area contributed by atoms with Crippen molar-refractivity contribution in [2.24, 2.45) is 0 Å². The quantitative estimate of drug-likeness (QED) is 0.335. The molecule has 0 unspecified atom stereocenters. The molecule has 5 nitrogen and oxygen atoms in total. The summed E-state index contributed by atoms with van der Waals surface area (Å²) in [6.07, 6.45) is 2.00. The molecule has 33 heavy (non-hydrogen) atoms. The molecule has 0 saturated heterocycles. The number of carbonyl (C=O) groups is 1. The number of halogens is 1. The van der Waals surface area contributed by atoms with Crippen LogP contribution in [-0.2, 0) is 17.8 Å². The second-order valence-electron chi connectivity index (χ2n) is 7.95. The fourth-order valence-electron chi connectivity index (χ4n) is 4.11. The van der Waals surface area contributed by atoms with Gasteiger partial charge in [0.05, 0.1) is 12.3 Å². The van der Waals surface area contributed by atoms with Crippen molar-refractivity contribution in [2.75, 3.05) is 17.2 Å². The minimum atomic E-state index is 0.0921. The summed E-state index contributed by atoms with van der Waals surface area (Å²) < 4.78 is 2.07. The summed E-state index contributed by atoms with van der Waals surface area (Å²) in [4.78, 5) is 15.1. The van der Waals surface area contributed by atoms with Crippen molar-refractivity contribution in [3.63, 3.8) is 0 Å². The van der Waals surface area contributed by atoms with Crippen molar-refractivity contribution in [3.05, 3.63) is 95.0 Å². The van der Waals surface area contributed by atoms with Crippen LogP contribution in [0.2, 0.25) is 5.02 Å². The lowest BCUT2D eigenvalue weighted by Gasteiger charge is -2.29. The molecule has 7 heteroatoms. The lowest BCUT2D eigenvalue weighted by Crippen LogP contribution is -2.36. The highest BCUT2D eigenvalue weighted by Crippen LogP contribution is 2.30. The molecule has 0 atom stereocenters. The number of fused-ring (bicyclic) bond motifs is 1. The third-order valence-corrected chi connectivity index (χ3v) is 6.94. The van der Waals surface area contributed by atoms with E-state index in [4.69, 9.17) is 11.6 Å². The molecule has 0 bridgehead atoms. The number of anilines is 1. The smallest absolute Gasteiger partial charge is 0.237 e. The second-order valence-corrected chi connectivity index (χ2v) is 9.33. The van der Waals surface area contributed by atoms with Crippen LogP contribution in [0.3, 0.4) is 0 Å². The predicted octanol–water partition coefficient (Wildman–Crippen LogP) is 5.72. The average Bonchev–Trinajstić information content (AvgIpc) is 3.25. The van der Waals surface area contributed by atoms with Gasteiger partial charge in [0.25, 0.3) is 0 Å². The van der Waals surface area contributed by atoms with Gasteiger partial charge >= 0.3 is 0 Å². The second kappa shape index (κ2) is 9.81. The molecule has 1 aromatic heterocycles. The summed E-state index contributed by atoms with van der Waals surface area (Å²) in [5, 5.41) is 10.3. The van der Waals surface area contributed by atoms with E-state index in [0.717, 1.165) is 47.2 Å². The molecule has 166 valence electrons. The fraction of sp³-hybridized carbons (Fsp3) is 0.192. The third kappa shape index (κ3) is 4.82. The van der Waals surface area contributed by atoms with E-state index in [-0.39, 0.29) is 5.91 Å². The van der Waals surface area contributed by atoms with E-state index in [1.54, 1.807) is 0 Å². The number of amides is 1. The van der Waals surface area contributed by atoms with Crippen LogP contribution >= 0.6 is 23.4 Å². The maximum Gasteiger partial charge on any atom is 0.237 e. The largest absolute Gasteiger partial charge is 0.311 e. The average molecular weight is 475 g/mol. The van der Waals surface area contributed by atoms with Crippen molar-refractivity contribution in [1.82, 2.24) is 14.8 Å². The number of para-hydroxylation sites is 1. The van der Waals surface area contributed by atoms with Crippen LogP contribution in [0.1, 0.15) is 17.5 Å². The molecule has 0 spiro atoms. The molecule has 3 aromatic carbocycles. The van der Waals surface area contributed by atoms with Gasteiger partial charge in [0.2, 0.25) is 5.91 Å². The number of nitrogens with zero attached hydrogens (tertiary/aromatic N) is 4. The van der Waals surface area contributed by atoms with Crippen molar-refractivity contribution in [2.45, 2.75) is 24.5 Å². The zero-order valence-corrected chi connectivity index (χ0v) is 19.6. The molecule has 0 radical (unpaired) electrons. The Balaban J connectivity index is 1.40. The summed E-state index contributed by atoms with van der Waals surface area (Å²) >= 11 is 7.51. The first-order chi connectivity index (χ1) is 16.2. The molecule has 0 fully saturated rings. The number of hydrogen-bond acceptors (Lipinski definition) is 4. The minimum Gasteiger partial charge on any atom is -0.311 e. The van der Waals surface area contributed by atoms with E-state index >= 15 is 0 Å². The first-order valence-corrected chi connectivity index (χ1v) is 12.3. The Hall–Kier alpha value is -3.09. The van der Waals surface area contributed by atoms with Crippen LogP contribution in [0.15, 0.2) is 84.0 Å². The van der Waals surface area contributed by atoms with E-state index in [9.17, 15) is 4.79 Å². The lowest BCUT2D eigenvalue weighted by molar-refractivity contribution is -0.116. The first kappa shape index (κ1) is 21.7. The monoisotopic (exact) mass is 474 g/mol. The molecular weight excluding hydrogens is 452 g/mol. The number of carbonyl (C=O) groups excluding carboxylic acids is 1. The Bertz CT molecular complexity index is 1260. The Kier molecular flexibility index (Phi) is 6.46. The molecule has 0 aliphatic carbocycles. The maximum atomic E-state index is 13.2. The number of thioether (sulfide) groups is 1.